The van der Waals surface area contributed by atoms with Crippen LogP contribution in [0, 0.1) is 5.92 Å². The maximum Gasteiger partial charge on any atom is 0.326 e. The molecule has 21 heavy (non-hydrogen) atoms. The van der Waals surface area contributed by atoms with Gasteiger partial charge in [-0.25, -0.2) is 4.79 Å². The zero-order valence-electron chi connectivity index (χ0n) is 12.4. The molecule has 1 fully saturated rings. The standard InChI is InChI=1S/C14H22N4O3/c1-3-9-4-5-18(11(6-9)14(20)21)13(19)12(15)10-7-16-17(2)8-10/h7-9,11-12H,3-6,15H2,1-2H3,(H,20,21). The minimum Gasteiger partial charge on any atom is -0.480 e. The van der Waals surface area contributed by atoms with Crippen LogP contribution < -0.4 is 5.73 Å². The number of carbonyl (C=O) groups is 2. The number of aromatic nitrogens is 2. The Morgan fingerprint density at radius 1 is 1.57 bits per heavy atom. The Kier molecular flexibility index (Phi) is 4.62. The molecule has 1 aromatic heterocycles. The molecule has 1 aliphatic rings. The largest absolute Gasteiger partial charge is 0.480 e. The quantitative estimate of drug-likeness (QED) is 0.843. The van der Waals surface area contributed by atoms with Crippen molar-refractivity contribution in [3.05, 3.63) is 18.0 Å². The number of hydrogen-bond acceptors (Lipinski definition) is 4. The van der Waals surface area contributed by atoms with E-state index in [4.69, 9.17) is 5.73 Å². The summed E-state index contributed by atoms with van der Waals surface area (Å²) in [7, 11) is 1.74. The van der Waals surface area contributed by atoms with E-state index in [9.17, 15) is 14.7 Å². The molecule has 1 amide bonds. The first-order valence-corrected chi connectivity index (χ1v) is 7.21. The zero-order chi connectivity index (χ0) is 15.6. The second kappa shape index (κ2) is 6.26. The van der Waals surface area contributed by atoms with Gasteiger partial charge in [-0.2, -0.15) is 5.10 Å². The van der Waals surface area contributed by atoms with Crippen LogP contribution in [0.3, 0.4) is 0 Å². The molecule has 3 N–H and O–H groups in total. The van der Waals surface area contributed by atoms with Gasteiger partial charge >= 0.3 is 5.97 Å². The van der Waals surface area contributed by atoms with E-state index in [0.717, 1.165) is 12.8 Å². The SMILES string of the molecule is CCC1CCN(C(=O)C(N)c2cnn(C)c2)C(C(=O)O)C1. The van der Waals surface area contributed by atoms with E-state index < -0.39 is 18.1 Å². The average molecular weight is 294 g/mol. The first kappa shape index (κ1) is 15.5. The van der Waals surface area contributed by atoms with Gasteiger partial charge in [-0.05, 0) is 18.8 Å². The third kappa shape index (κ3) is 3.24. The molecule has 3 atom stereocenters. The minimum absolute atomic E-state index is 0.343. The summed E-state index contributed by atoms with van der Waals surface area (Å²) in [5, 5.41) is 13.4. The number of nitrogens with two attached hydrogens (primary N) is 1. The van der Waals surface area contributed by atoms with Crippen LogP contribution in [0.1, 0.15) is 37.8 Å². The molecule has 2 heterocycles. The van der Waals surface area contributed by atoms with Gasteiger partial charge in [0, 0.05) is 25.4 Å². The topological polar surface area (TPSA) is 101 Å². The average Bonchev–Trinajstić information content (AvgIpc) is 2.91. The summed E-state index contributed by atoms with van der Waals surface area (Å²) < 4.78 is 1.57. The van der Waals surface area contributed by atoms with E-state index in [1.807, 2.05) is 6.92 Å². The molecule has 0 aliphatic carbocycles. The molecule has 1 aromatic rings. The third-order valence-electron chi connectivity index (χ3n) is 4.21. The number of piperidine rings is 1. The predicted molar refractivity (Wildman–Crippen MR) is 76.3 cm³/mol. The van der Waals surface area contributed by atoms with Crippen molar-refractivity contribution in [1.29, 1.82) is 0 Å². The summed E-state index contributed by atoms with van der Waals surface area (Å²) in [6.07, 6.45) is 5.47. The van der Waals surface area contributed by atoms with E-state index in [0.29, 0.717) is 24.4 Å². The van der Waals surface area contributed by atoms with Crippen LogP contribution in [0.5, 0.6) is 0 Å². The van der Waals surface area contributed by atoms with E-state index in [-0.39, 0.29) is 5.91 Å². The van der Waals surface area contributed by atoms with Gasteiger partial charge in [0.25, 0.3) is 0 Å². The number of aliphatic carboxylic acids is 1. The van der Waals surface area contributed by atoms with Crippen LogP contribution in [0.15, 0.2) is 12.4 Å². The Bertz CT molecular complexity index is 528. The van der Waals surface area contributed by atoms with Crippen LogP contribution in [-0.4, -0.2) is 44.3 Å². The third-order valence-corrected chi connectivity index (χ3v) is 4.21. The summed E-state index contributed by atoms with van der Waals surface area (Å²) in [5.41, 5.74) is 6.58. The van der Waals surface area contributed by atoms with E-state index in [1.54, 1.807) is 17.9 Å². The number of likely N-dealkylation sites (tertiary alicyclic amines) is 1. The fourth-order valence-electron chi connectivity index (χ4n) is 2.83. The van der Waals surface area contributed by atoms with E-state index in [2.05, 4.69) is 5.10 Å². The Labute approximate surface area is 123 Å². The molecule has 2 rings (SSSR count). The van der Waals surface area contributed by atoms with Crippen molar-refractivity contribution in [3.8, 4) is 0 Å². The number of rotatable bonds is 4. The van der Waals surface area contributed by atoms with Crippen molar-refractivity contribution in [3.63, 3.8) is 0 Å². The smallest absolute Gasteiger partial charge is 0.326 e. The van der Waals surface area contributed by atoms with Crippen molar-refractivity contribution in [2.75, 3.05) is 6.54 Å². The molecule has 1 saturated heterocycles. The van der Waals surface area contributed by atoms with Gasteiger partial charge in [0.15, 0.2) is 0 Å². The lowest BCUT2D eigenvalue weighted by molar-refractivity contribution is -0.153. The first-order valence-electron chi connectivity index (χ1n) is 7.21. The number of hydrogen-bond donors (Lipinski definition) is 2. The number of carboxylic acids is 1. The highest BCUT2D eigenvalue weighted by molar-refractivity contribution is 5.87. The lowest BCUT2D eigenvalue weighted by Gasteiger charge is -2.38. The molecule has 1 aliphatic heterocycles. The van der Waals surface area contributed by atoms with Crippen molar-refractivity contribution >= 4 is 11.9 Å². The van der Waals surface area contributed by atoms with Crippen molar-refractivity contribution in [2.24, 2.45) is 18.7 Å². The molecular formula is C14H22N4O3. The molecule has 0 saturated carbocycles. The Morgan fingerprint density at radius 3 is 2.81 bits per heavy atom. The number of aryl methyl sites for hydroxylation is 1. The van der Waals surface area contributed by atoms with Gasteiger partial charge in [0.2, 0.25) is 5.91 Å². The molecule has 0 bridgehead atoms. The number of amides is 1. The van der Waals surface area contributed by atoms with Crippen LogP contribution in [0.25, 0.3) is 0 Å². The predicted octanol–water partition coefficient (Wildman–Crippen LogP) is 0.522. The molecule has 3 unspecified atom stereocenters. The van der Waals surface area contributed by atoms with Crippen molar-refractivity contribution in [1.82, 2.24) is 14.7 Å². The molecule has 0 spiro atoms. The van der Waals surface area contributed by atoms with E-state index >= 15 is 0 Å². The molecule has 7 heteroatoms. The molecular weight excluding hydrogens is 272 g/mol. The fraction of sp³-hybridized carbons (Fsp3) is 0.643. The summed E-state index contributed by atoms with van der Waals surface area (Å²) in [4.78, 5) is 25.4. The Morgan fingerprint density at radius 2 is 2.29 bits per heavy atom. The highest BCUT2D eigenvalue weighted by atomic mass is 16.4. The summed E-state index contributed by atoms with van der Waals surface area (Å²) in [6, 6.07) is -1.64. The van der Waals surface area contributed by atoms with Gasteiger partial charge in [-0.1, -0.05) is 13.3 Å². The second-order valence-corrected chi connectivity index (χ2v) is 5.61. The Hall–Kier alpha value is -1.89. The zero-order valence-corrected chi connectivity index (χ0v) is 12.4. The van der Waals surface area contributed by atoms with Crippen LogP contribution >= 0.6 is 0 Å². The van der Waals surface area contributed by atoms with Crippen molar-refractivity contribution in [2.45, 2.75) is 38.3 Å². The number of nitrogens with zero attached hydrogens (tertiary/aromatic N) is 3. The normalized spacial score (nSPS) is 23.9. The number of carboxylic acid groups (broad SMARTS) is 1. The van der Waals surface area contributed by atoms with Crippen LogP contribution in [0.4, 0.5) is 0 Å². The molecule has 7 nitrogen and oxygen atoms in total. The highest BCUT2D eigenvalue weighted by Crippen LogP contribution is 2.27. The first-order chi connectivity index (χ1) is 9.93. The summed E-state index contributed by atoms with van der Waals surface area (Å²) in [5.74, 6) is -0.949. The highest BCUT2D eigenvalue weighted by Gasteiger charge is 2.37. The summed E-state index contributed by atoms with van der Waals surface area (Å²) in [6.45, 7) is 2.49. The van der Waals surface area contributed by atoms with E-state index in [1.165, 1.54) is 11.1 Å². The number of carbonyl (C=O) groups excluding carboxylic acids is 1. The fourth-order valence-corrected chi connectivity index (χ4v) is 2.83. The summed E-state index contributed by atoms with van der Waals surface area (Å²) >= 11 is 0. The van der Waals surface area contributed by atoms with Gasteiger partial charge < -0.3 is 15.7 Å². The van der Waals surface area contributed by atoms with Crippen LogP contribution in [0.2, 0.25) is 0 Å². The second-order valence-electron chi connectivity index (χ2n) is 5.61. The van der Waals surface area contributed by atoms with Gasteiger partial charge in [-0.15, -0.1) is 0 Å². The molecule has 0 aromatic carbocycles. The maximum atomic E-state index is 12.5. The monoisotopic (exact) mass is 294 g/mol. The van der Waals surface area contributed by atoms with Gasteiger partial charge in [0.1, 0.15) is 12.1 Å². The Balaban J connectivity index is 2.14. The minimum atomic E-state index is -0.958. The van der Waals surface area contributed by atoms with Gasteiger partial charge in [-0.3, -0.25) is 9.48 Å². The molecule has 0 radical (unpaired) electrons. The maximum absolute atomic E-state index is 12.5. The lowest BCUT2D eigenvalue weighted by atomic mass is 9.88. The lowest BCUT2D eigenvalue weighted by Crippen LogP contribution is -2.52. The molecule has 116 valence electrons. The van der Waals surface area contributed by atoms with Crippen LogP contribution in [-0.2, 0) is 16.6 Å². The van der Waals surface area contributed by atoms with Gasteiger partial charge in [0.05, 0.1) is 6.20 Å². The van der Waals surface area contributed by atoms with Crippen molar-refractivity contribution < 1.29 is 14.7 Å².